The first-order chi connectivity index (χ1) is 11.7. The number of nitrogens with zero attached hydrogens (tertiary/aromatic N) is 1. The second kappa shape index (κ2) is 6.28. The molecule has 0 radical (unpaired) electrons. The Hall–Kier alpha value is -2.18. The summed E-state index contributed by atoms with van der Waals surface area (Å²) in [6, 6.07) is 14.6. The van der Waals surface area contributed by atoms with Gasteiger partial charge in [-0.2, -0.15) is 0 Å². The molecule has 2 aromatic rings. The Balaban J connectivity index is 1.80. The number of benzene rings is 2. The number of likely N-dealkylation sites (N-methyl/N-ethyl adjacent to an activating group) is 1. The van der Waals surface area contributed by atoms with E-state index in [1.54, 1.807) is 30.1 Å². The van der Waals surface area contributed by atoms with Crippen LogP contribution in [-0.2, 0) is 26.7 Å². The van der Waals surface area contributed by atoms with Crippen molar-refractivity contribution in [3.63, 3.8) is 0 Å². The van der Waals surface area contributed by atoms with Crippen molar-refractivity contribution in [2.24, 2.45) is 0 Å². The van der Waals surface area contributed by atoms with Gasteiger partial charge in [0.25, 0.3) is 0 Å². The van der Waals surface area contributed by atoms with Crippen molar-refractivity contribution in [1.82, 2.24) is 4.72 Å². The van der Waals surface area contributed by atoms with Gasteiger partial charge in [0.05, 0.1) is 10.3 Å². The summed E-state index contributed by atoms with van der Waals surface area (Å²) >= 11 is 0. The molecule has 132 valence electrons. The minimum atomic E-state index is -3.62. The Morgan fingerprint density at radius 3 is 2.44 bits per heavy atom. The molecule has 3 rings (SSSR count). The van der Waals surface area contributed by atoms with Gasteiger partial charge in [-0.1, -0.05) is 30.3 Å². The quantitative estimate of drug-likeness (QED) is 0.893. The van der Waals surface area contributed by atoms with Gasteiger partial charge in [-0.3, -0.25) is 4.79 Å². The molecule has 0 atom stereocenters. The van der Waals surface area contributed by atoms with E-state index >= 15 is 0 Å². The molecule has 0 saturated heterocycles. The number of sulfonamides is 1. The fourth-order valence-corrected chi connectivity index (χ4v) is 4.23. The van der Waals surface area contributed by atoms with Crippen LogP contribution < -0.4 is 9.62 Å². The first-order valence-electron chi connectivity index (χ1n) is 8.20. The zero-order chi connectivity index (χ0) is 18.2. The van der Waals surface area contributed by atoms with Crippen LogP contribution >= 0.6 is 0 Å². The summed E-state index contributed by atoms with van der Waals surface area (Å²) in [7, 11) is -1.91. The fourth-order valence-electron chi connectivity index (χ4n) is 3.18. The lowest BCUT2D eigenvalue weighted by molar-refractivity contribution is -0.121. The van der Waals surface area contributed by atoms with Crippen LogP contribution in [0.2, 0.25) is 0 Å². The Labute approximate surface area is 148 Å². The van der Waals surface area contributed by atoms with Gasteiger partial charge >= 0.3 is 0 Å². The molecule has 0 unspecified atom stereocenters. The molecular weight excluding hydrogens is 336 g/mol. The smallest absolute Gasteiger partial charge is 0.240 e. The maximum absolute atomic E-state index is 12.6. The average molecular weight is 358 g/mol. The van der Waals surface area contributed by atoms with Crippen LogP contribution in [0, 0.1) is 0 Å². The molecule has 0 aliphatic carbocycles. The number of carbonyl (C=O) groups excluding carboxylic acids is 1. The number of carbonyl (C=O) groups is 1. The van der Waals surface area contributed by atoms with Gasteiger partial charge in [0.1, 0.15) is 0 Å². The van der Waals surface area contributed by atoms with Crippen molar-refractivity contribution in [1.29, 1.82) is 0 Å². The van der Waals surface area contributed by atoms with E-state index in [9.17, 15) is 13.2 Å². The Bertz CT molecular complexity index is 906. The topological polar surface area (TPSA) is 66.5 Å². The second-order valence-corrected chi connectivity index (χ2v) is 8.57. The first-order valence-corrected chi connectivity index (χ1v) is 9.68. The lowest BCUT2D eigenvalue weighted by Gasteiger charge is -2.16. The van der Waals surface area contributed by atoms with Gasteiger partial charge in [0.15, 0.2) is 0 Å². The van der Waals surface area contributed by atoms with E-state index in [4.69, 9.17) is 0 Å². The number of amides is 1. The Morgan fingerprint density at radius 1 is 1.08 bits per heavy atom. The summed E-state index contributed by atoms with van der Waals surface area (Å²) in [5, 5.41) is 0. The predicted molar refractivity (Wildman–Crippen MR) is 98.2 cm³/mol. The minimum absolute atomic E-state index is 0.0333. The molecule has 1 aliphatic rings. The molecular formula is C19H22N2O3S. The monoisotopic (exact) mass is 358 g/mol. The van der Waals surface area contributed by atoms with Crippen LogP contribution in [0.15, 0.2) is 53.4 Å². The third kappa shape index (κ3) is 3.19. The van der Waals surface area contributed by atoms with Gasteiger partial charge < -0.3 is 4.90 Å². The number of fused-ring (bicyclic) bond motifs is 1. The third-order valence-electron chi connectivity index (χ3n) is 4.70. The van der Waals surface area contributed by atoms with Crippen molar-refractivity contribution in [2.75, 3.05) is 18.5 Å². The summed E-state index contributed by atoms with van der Waals surface area (Å²) in [4.78, 5) is 14.1. The van der Waals surface area contributed by atoms with Crippen molar-refractivity contribution >= 4 is 21.6 Å². The highest BCUT2D eigenvalue weighted by molar-refractivity contribution is 7.89. The predicted octanol–water partition coefficient (Wildman–Crippen LogP) is 2.46. The number of hydrogen-bond acceptors (Lipinski definition) is 3. The highest BCUT2D eigenvalue weighted by Gasteiger charge is 2.42. The van der Waals surface area contributed by atoms with Gasteiger partial charge in [-0.25, -0.2) is 13.1 Å². The molecule has 2 aromatic carbocycles. The molecule has 0 saturated carbocycles. The van der Waals surface area contributed by atoms with Crippen LogP contribution in [-0.4, -0.2) is 27.9 Å². The van der Waals surface area contributed by atoms with Gasteiger partial charge in [-0.05, 0) is 49.6 Å². The lowest BCUT2D eigenvalue weighted by atomic mass is 9.86. The third-order valence-corrected chi connectivity index (χ3v) is 6.16. The fraction of sp³-hybridized carbons (Fsp3) is 0.316. The second-order valence-electron chi connectivity index (χ2n) is 6.80. The summed E-state index contributed by atoms with van der Waals surface area (Å²) in [5.41, 5.74) is 1.86. The Kier molecular flexibility index (Phi) is 4.43. The average Bonchev–Trinajstić information content (AvgIpc) is 2.76. The highest BCUT2D eigenvalue weighted by atomic mass is 32.2. The van der Waals surface area contributed by atoms with Crippen molar-refractivity contribution in [3.8, 4) is 0 Å². The van der Waals surface area contributed by atoms with Crippen LogP contribution in [0.5, 0.6) is 0 Å². The van der Waals surface area contributed by atoms with Crippen molar-refractivity contribution in [3.05, 3.63) is 59.7 Å². The van der Waals surface area contributed by atoms with Crippen LogP contribution in [0.3, 0.4) is 0 Å². The van der Waals surface area contributed by atoms with Gasteiger partial charge in [0.2, 0.25) is 15.9 Å². The van der Waals surface area contributed by atoms with E-state index in [2.05, 4.69) is 4.72 Å². The molecule has 0 fully saturated rings. The van der Waals surface area contributed by atoms with Gasteiger partial charge in [-0.15, -0.1) is 0 Å². The summed E-state index contributed by atoms with van der Waals surface area (Å²) in [6.07, 6.45) is 0.623. The van der Waals surface area contributed by atoms with Crippen LogP contribution in [0.4, 0.5) is 5.69 Å². The van der Waals surface area contributed by atoms with Crippen molar-refractivity contribution < 1.29 is 13.2 Å². The zero-order valence-corrected chi connectivity index (χ0v) is 15.4. The van der Waals surface area contributed by atoms with Crippen LogP contribution in [0.25, 0.3) is 0 Å². The summed E-state index contributed by atoms with van der Waals surface area (Å²) < 4.78 is 27.8. The minimum Gasteiger partial charge on any atom is -0.314 e. The summed E-state index contributed by atoms with van der Waals surface area (Å²) in [5.74, 6) is -0.0333. The van der Waals surface area contributed by atoms with E-state index in [1.807, 2.05) is 44.2 Å². The molecule has 0 bridgehead atoms. The van der Waals surface area contributed by atoms with Crippen molar-refractivity contribution in [2.45, 2.75) is 30.6 Å². The molecule has 1 N–H and O–H groups in total. The van der Waals surface area contributed by atoms with Gasteiger partial charge in [0, 0.05) is 19.3 Å². The first kappa shape index (κ1) is 17.6. The largest absolute Gasteiger partial charge is 0.314 e. The number of rotatable bonds is 5. The molecule has 0 aromatic heterocycles. The van der Waals surface area contributed by atoms with E-state index in [-0.39, 0.29) is 10.8 Å². The lowest BCUT2D eigenvalue weighted by Crippen LogP contribution is -2.33. The van der Waals surface area contributed by atoms with E-state index < -0.39 is 15.4 Å². The summed E-state index contributed by atoms with van der Waals surface area (Å²) in [6.45, 7) is 3.96. The molecule has 6 heteroatoms. The standard InChI is InChI=1S/C19H22N2O3S/c1-19(2)16-13-15(9-10-17(16)21(3)18(19)22)25(23,24)20-12-11-14-7-5-4-6-8-14/h4-10,13,20H,11-12H2,1-3H3. The number of hydrogen-bond donors (Lipinski definition) is 1. The molecule has 1 amide bonds. The van der Waals surface area contributed by atoms with E-state index in [0.29, 0.717) is 13.0 Å². The molecule has 0 spiro atoms. The van der Waals surface area contributed by atoms with E-state index in [1.165, 1.54) is 0 Å². The number of nitrogens with one attached hydrogen (secondary N) is 1. The molecule has 5 nitrogen and oxygen atoms in total. The zero-order valence-electron chi connectivity index (χ0n) is 14.6. The Morgan fingerprint density at radius 2 is 1.76 bits per heavy atom. The number of anilines is 1. The van der Waals surface area contributed by atoms with Crippen LogP contribution in [0.1, 0.15) is 25.0 Å². The molecule has 1 heterocycles. The molecule has 25 heavy (non-hydrogen) atoms. The highest BCUT2D eigenvalue weighted by Crippen LogP contribution is 2.41. The molecule has 1 aliphatic heterocycles. The van der Waals surface area contributed by atoms with E-state index in [0.717, 1.165) is 16.8 Å². The normalized spacial score (nSPS) is 16.1. The maximum atomic E-state index is 12.6. The maximum Gasteiger partial charge on any atom is 0.240 e. The SMILES string of the molecule is CN1C(=O)C(C)(C)c2cc(S(=O)(=O)NCCc3ccccc3)ccc21.